The number of hydrazine groups is 1. The third-order valence-corrected chi connectivity index (χ3v) is 3.04. The predicted octanol–water partition coefficient (Wildman–Crippen LogP) is 3.08. The van der Waals surface area contributed by atoms with Gasteiger partial charge >= 0.3 is 6.18 Å². The number of benzene rings is 1. The Bertz CT molecular complexity index is 779. The van der Waals surface area contributed by atoms with Gasteiger partial charge in [-0.2, -0.15) is 13.2 Å². The minimum atomic E-state index is -4.46. The van der Waals surface area contributed by atoms with E-state index in [9.17, 15) is 22.8 Å². The number of nitrogens with one attached hydrogen (secondary N) is 2. The molecule has 1 aromatic carbocycles. The Hall–Kier alpha value is -3.03. The second-order valence-corrected chi connectivity index (χ2v) is 4.79. The van der Waals surface area contributed by atoms with Crippen LogP contribution in [0.15, 0.2) is 47.1 Å². The van der Waals surface area contributed by atoms with Crippen molar-refractivity contribution < 1.29 is 27.2 Å². The molecule has 0 unspecified atom stereocenters. The standard InChI is InChI=1S/C16H13F3N2O3/c1-10-13(7-8-24-10)15(23)21-20-14(22)6-5-11-3-2-4-12(9-11)16(17,18)19/h2-9H,1H3,(H,20,22)(H,21,23)/b6-5+. The molecule has 0 aliphatic heterocycles. The molecule has 8 heteroatoms. The largest absolute Gasteiger partial charge is 0.469 e. The summed E-state index contributed by atoms with van der Waals surface area (Å²) in [5.41, 5.74) is 3.95. The molecule has 1 heterocycles. The Morgan fingerprint density at radius 3 is 2.54 bits per heavy atom. The summed E-state index contributed by atoms with van der Waals surface area (Å²) in [6, 6.07) is 5.95. The maximum Gasteiger partial charge on any atom is 0.416 e. The number of halogens is 3. The van der Waals surface area contributed by atoms with Crippen molar-refractivity contribution in [1.82, 2.24) is 10.9 Å². The molecular formula is C16H13F3N2O3. The zero-order valence-corrected chi connectivity index (χ0v) is 12.5. The normalized spacial score (nSPS) is 11.5. The van der Waals surface area contributed by atoms with Gasteiger partial charge in [0.05, 0.1) is 17.4 Å². The first-order valence-corrected chi connectivity index (χ1v) is 6.77. The molecule has 0 radical (unpaired) electrons. The van der Waals surface area contributed by atoms with Crippen molar-refractivity contribution in [1.29, 1.82) is 0 Å². The van der Waals surface area contributed by atoms with Crippen LogP contribution in [0.1, 0.15) is 27.2 Å². The smallest absolute Gasteiger partial charge is 0.416 e. The molecule has 0 bridgehead atoms. The van der Waals surface area contributed by atoms with Gasteiger partial charge in [0.25, 0.3) is 11.8 Å². The molecule has 24 heavy (non-hydrogen) atoms. The summed E-state index contributed by atoms with van der Waals surface area (Å²) in [5, 5.41) is 0. The molecule has 2 amide bonds. The fourth-order valence-corrected chi connectivity index (χ4v) is 1.84. The van der Waals surface area contributed by atoms with Crippen LogP contribution in [-0.4, -0.2) is 11.8 Å². The monoisotopic (exact) mass is 338 g/mol. The Morgan fingerprint density at radius 1 is 1.17 bits per heavy atom. The third kappa shape index (κ3) is 4.48. The molecule has 0 fully saturated rings. The molecule has 0 saturated carbocycles. The lowest BCUT2D eigenvalue weighted by Crippen LogP contribution is -2.40. The number of alkyl halides is 3. The number of rotatable bonds is 3. The van der Waals surface area contributed by atoms with Crippen molar-refractivity contribution in [2.75, 3.05) is 0 Å². The van der Waals surface area contributed by atoms with E-state index in [0.29, 0.717) is 5.76 Å². The fourth-order valence-electron chi connectivity index (χ4n) is 1.84. The Balaban J connectivity index is 1.94. The van der Waals surface area contributed by atoms with E-state index >= 15 is 0 Å². The number of hydrogen-bond acceptors (Lipinski definition) is 3. The average Bonchev–Trinajstić information content (AvgIpc) is 2.96. The van der Waals surface area contributed by atoms with Crippen LogP contribution in [0.25, 0.3) is 6.08 Å². The average molecular weight is 338 g/mol. The summed E-state index contributed by atoms with van der Waals surface area (Å²) < 4.78 is 42.7. The summed E-state index contributed by atoms with van der Waals surface area (Å²) in [4.78, 5) is 23.3. The molecule has 5 nitrogen and oxygen atoms in total. The number of hydrogen-bond donors (Lipinski definition) is 2. The van der Waals surface area contributed by atoms with Crippen molar-refractivity contribution >= 4 is 17.9 Å². The van der Waals surface area contributed by atoms with E-state index in [1.54, 1.807) is 6.92 Å². The van der Waals surface area contributed by atoms with Crippen molar-refractivity contribution in [3.8, 4) is 0 Å². The van der Waals surface area contributed by atoms with Gasteiger partial charge in [0.2, 0.25) is 0 Å². The second-order valence-electron chi connectivity index (χ2n) is 4.79. The van der Waals surface area contributed by atoms with Crippen LogP contribution in [-0.2, 0) is 11.0 Å². The Labute approximate surface area is 135 Å². The maximum absolute atomic E-state index is 12.6. The third-order valence-electron chi connectivity index (χ3n) is 3.04. The lowest BCUT2D eigenvalue weighted by molar-refractivity contribution is -0.137. The number of furan rings is 1. The van der Waals surface area contributed by atoms with Crippen molar-refractivity contribution in [2.24, 2.45) is 0 Å². The quantitative estimate of drug-likeness (QED) is 0.667. The first-order valence-electron chi connectivity index (χ1n) is 6.77. The highest BCUT2D eigenvalue weighted by Gasteiger charge is 2.30. The van der Waals surface area contributed by atoms with E-state index in [-0.39, 0.29) is 11.1 Å². The number of carbonyl (C=O) groups is 2. The van der Waals surface area contributed by atoms with E-state index in [1.165, 1.54) is 30.5 Å². The molecule has 2 N–H and O–H groups in total. The SMILES string of the molecule is Cc1occc1C(=O)NNC(=O)/C=C/c1cccc(C(F)(F)F)c1. The summed E-state index contributed by atoms with van der Waals surface area (Å²) in [6.07, 6.45) is -0.903. The molecule has 126 valence electrons. The van der Waals surface area contributed by atoms with Crippen LogP contribution in [0.3, 0.4) is 0 Å². The van der Waals surface area contributed by atoms with Crippen LogP contribution < -0.4 is 10.9 Å². The highest BCUT2D eigenvalue weighted by molar-refractivity contribution is 5.98. The predicted molar refractivity (Wildman–Crippen MR) is 79.5 cm³/mol. The molecular weight excluding hydrogens is 325 g/mol. The zero-order valence-electron chi connectivity index (χ0n) is 12.5. The highest BCUT2D eigenvalue weighted by Crippen LogP contribution is 2.29. The minimum absolute atomic E-state index is 0.206. The van der Waals surface area contributed by atoms with Crippen LogP contribution in [0.5, 0.6) is 0 Å². The van der Waals surface area contributed by atoms with E-state index in [1.807, 2.05) is 0 Å². The summed E-state index contributed by atoms with van der Waals surface area (Å²) in [7, 11) is 0. The minimum Gasteiger partial charge on any atom is -0.469 e. The number of aryl methyl sites for hydroxylation is 1. The number of carbonyl (C=O) groups excluding carboxylic acids is 2. The number of amides is 2. The van der Waals surface area contributed by atoms with Crippen LogP contribution in [0, 0.1) is 6.92 Å². The maximum atomic E-state index is 12.6. The van der Waals surface area contributed by atoms with E-state index in [4.69, 9.17) is 4.42 Å². The lowest BCUT2D eigenvalue weighted by Gasteiger charge is -2.07. The molecule has 0 spiro atoms. The van der Waals surface area contributed by atoms with Gasteiger partial charge in [-0.1, -0.05) is 12.1 Å². The Morgan fingerprint density at radius 2 is 1.92 bits per heavy atom. The van der Waals surface area contributed by atoms with Crippen LogP contribution >= 0.6 is 0 Å². The van der Waals surface area contributed by atoms with Gasteiger partial charge in [0.1, 0.15) is 5.76 Å². The van der Waals surface area contributed by atoms with Crippen LogP contribution in [0.4, 0.5) is 13.2 Å². The molecule has 1 aromatic heterocycles. The molecule has 0 atom stereocenters. The topological polar surface area (TPSA) is 71.3 Å². The van der Waals surface area contributed by atoms with Gasteiger partial charge in [0.15, 0.2) is 0 Å². The molecule has 0 aliphatic carbocycles. The Kier molecular flexibility index (Phi) is 5.08. The molecule has 0 aliphatic rings. The van der Waals surface area contributed by atoms with Crippen molar-refractivity contribution in [3.05, 3.63) is 65.1 Å². The molecule has 2 aromatic rings. The van der Waals surface area contributed by atoms with E-state index in [2.05, 4.69) is 10.9 Å². The summed E-state index contributed by atoms with van der Waals surface area (Å²) in [5.74, 6) is -0.870. The molecule has 2 rings (SSSR count). The van der Waals surface area contributed by atoms with Gasteiger partial charge in [0, 0.05) is 6.08 Å². The first-order chi connectivity index (χ1) is 11.3. The van der Waals surface area contributed by atoms with Gasteiger partial charge in [-0.3, -0.25) is 20.4 Å². The summed E-state index contributed by atoms with van der Waals surface area (Å²) >= 11 is 0. The fraction of sp³-hybridized carbons (Fsp3) is 0.125. The van der Waals surface area contributed by atoms with Gasteiger partial charge in [-0.15, -0.1) is 0 Å². The van der Waals surface area contributed by atoms with Gasteiger partial charge in [-0.05, 0) is 36.8 Å². The molecule has 0 saturated heterocycles. The van der Waals surface area contributed by atoms with E-state index < -0.39 is 23.6 Å². The van der Waals surface area contributed by atoms with E-state index in [0.717, 1.165) is 18.2 Å². The highest BCUT2D eigenvalue weighted by atomic mass is 19.4. The summed E-state index contributed by atoms with van der Waals surface area (Å²) in [6.45, 7) is 1.59. The van der Waals surface area contributed by atoms with Crippen LogP contribution in [0.2, 0.25) is 0 Å². The lowest BCUT2D eigenvalue weighted by atomic mass is 10.1. The van der Waals surface area contributed by atoms with Crippen molar-refractivity contribution in [2.45, 2.75) is 13.1 Å². The van der Waals surface area contributed by atoms with Crippen molar-refractivity contribution in [3.63, 3.8) is 0 Å². The van der Waals surface area contributed by atoms with Gasteiger partial charge in [-0.25, -0.2) is 0 Å². The zero-order chi connectivity index (χ0) is 17.7. The first kappa shape index (κ1) is 17.3. The second kappa shape index (κ2) is 7.03. The van der Waals surface area contributed by atoms with Gasteiger partial charge < -0.3 is 4.42 Å².